The van der Waals surface area contributed by atoms with Gasteiger partial charge in [-0.15, -0.1) is 0 Å². The number of alkyl halides is 9. The van der Waals surface area contributed by atoms with Crippen LogP contribution in [0.2, 0.25) is 0 Å². The van der Waals surface area contributed by atoms with Crippen molar-refractivity contribution >= 4 is 27.5 Å². The minimum atomic E-state index is -4.95. The van der Waals surface area contributed by atoms with Gasteiger partial charge in [-0.3, -0.25) is 9.79 Å². The first-order valence-corrected chi connectivity index (χ1v) is 10.7. The minimum absolute atomic E-state index is 0.0544. The van der Waals surface area contributed by atoms with Crippen molar-refractivity contribution in [3.63, 3.8) is 0 Å². The van der Waals surface area contributed by atoms with Crippen LogP contribution in [-0.2, 0) is 11.6 Å². The largest absolute Gasteiger partial charge is 0.416 e. The molecule has 1 atom stereocenters. The molecule has 0 saturated heterocycles. The Morgan fingerprint density at radius 1 is 1.03 bits per heavy atom. The van der Waals surface area contributed by atoms with Crippen LogP contribution in [0, 0.1) is 6.92 Å². The number of halogens is 10. The SMILES string of the molecule is Cc1cc(C2=NCC(c3cc(Br)cc(C(F)(F)F)c3)(C(F)(F)F)C2)ccc1C(=O)NCC(F)(F)F. The Bertz CT molecular complexity index is 1170. The van der Waals surface area contributed by atoms with Crippen molar-refractivity contribution in [2.24, 2.45) is 4.99 Å². The Morgan fingerprint density at radius 2 is 1.69 bits per heavy atom. The molecular formula is C22H16BrF9N2O. The van der Waals surface area contributed by atoms with Gasteiger partial charge < -0.3 is 5.32 Å². The molecule has 0 aromatic heterocycles. The van der Waals surface area contributed by atoms with E-state index in [0.29, 0.717) is 12.1 Å². The molecule has 0 aliphatic carbocycles. The van der Waals surface area contributed by atoms with Gasteiger partial charge in [0.2, 0.25) is 0 Å². The number of aryl methyl sites for hydroxylation is 1. The molecule has 35 heavy (non-hydrogen) atoms. The number of rotatable bonds is 4. The summed E-state index contributed by atoms with van der Waals surface area (Å²) >= 11 is 2.85. The van der Waals surface area contributed by atoms with Gasteiger partial charge in [-0.25, -0.2) is 0 Å². The fraction of sp³-hybridized carbons (Fsp3) is 0.364. The summed E-state index contributed by atoms with van der Waals surface area (Å²) in [6.07, 6.45) is -15.2. The molecule has 13 heteroatoms. The zero-order valence-electron chi connectivity index (χ0n) is 17.7. The molecule has 0 saturated carbocycles. The lowest BCUT2D eigenvalue weighted by Crippen LogP contribution is -2.44. The summed E-state index contributed by atoms with van der Waals surface area (Å²) in [4.78, 5) is 16.0. The quantitative estimate of drug-likeness (QED) is 0.403. The summed E-state index contributed by atoms with van der Waals surface area (Å²) < 4.78 is 119. The predicted octanol–water partition coefficient (Wildman–Crippen LogP) is 6.76. The molecule has 1 aliphatic rings. The number of aliphatic imine (C=N–C) groups is 1. The van der Waals surface area contributed by atoms with Crippen LogP contribution in [-0.4, -0.2) is 37.1 Å². The molecule has 2 aromatic rings. The van der Waals surface area contributed by atoms with Crippen LogP contribution in [0.25, 0.3) is 0 Å². The number of hydrogen-bond acceptors (Lipinski definition) is 2. The Morgan fingerprint density at radius 3 is 2.23 bits per heavy atom. The number of carbonyl (C=O) groups is 1. The molecule has 0 radical (unpaired) electrons. The molecule has 0 bridgehead atoms. The first-order chi connectivity index (χ1) is 15.9. The van der Waals surface area contributed by atoms with E-state index in [-0.39, 0.29) is 26.9 Å². The Kier molecular flexibility index (Phi) is 7.06. The van der Waals surface area contributed by atoms with E-state index in [2.05, 4.69) is 20.9 Å². The maximum Gasteiger partial charge on any atom is 0.416 e. The highest BCUT2D eigenvalue weighted by atomic mass is 79.9. The normalized spacial score (nSPS) is 19.0. The zero-order valence-corrected chi connectivity index (χ0v) is 19.3. The second kappa shape index (κ2) is 9.14. The molecule has 3 rings (SSSR count). The number of benzene rings is 2. The van der Waals surface area contributed by atoms with Crippen molar-refractivity contribution in [3.8, 4) is 0 Å². The number of nitrogens with one attached hydrogen (secondary N) is 1. The Labute approximate surface area is 201 Å². The number of amides is 1. The van der Waals surface area contributed by atoms with E-state index in [0.717, 1.165) is 12.1 Å². The summed E-state index contributed by atoms with van der Waals surface area (Å²) in [5.74, 6) is -1.02. The lowest BCUT2D eigenvalue weighted by atomic mass is 9.76. The van der Waals surface area contributed by atoms with Crippen LogP contribution in [0.5, 0.6) is 0 Å². The Balaban J connectivity index is 1.93. The molecule has 1 N–H and O–H groups in total. The van der Waals surface area contributed by atoms with E-state index < -0.39 is 60.5 Å². The van der Waals surface area contributed by atoms with Crippen molar-refractivity contribution in [2.45, 2.75) is 37.3 Å². The van der Waals surface area contributed by atoms with Gasteiger partial charge in [-0.05, 0) is 53.9 Å². The van der Waals surface area contributed by atoms with Crippen LogP contribution in [0.3, 0.4) is 0 Å². The molecule has 190 valence electrons. The molecule has 2 aromatic carbocycles. The van der Waals surface area contributed by atoms with Crippen LogP contribution < -0.4 is 5.32 Å². The third kappa shape index (κ3) is 5.81. The highest BCUT2D eigenvalue weighted by molar-refractivity contribution is 9.10. The molecule has 0 fully saturated rings. The van der Waals surface area contributed by atoms with E-state index in [4.69, 9.17) is 0 Å². The van der Waals surface area contributed by atoms with Gasteiger partial charge in [0.1, 0.15) is 12.0 Å². The average molecular weight is 575 g/mol. The molecule has 1 amide bonds. The van der Waals surface area contributed by atoms with Crippen molar-refractivity contribution in [1.82, 2.24) is 5.32 Å². The summed E-state index contributed by atoms with van der Waals surface area (Å²) in [7, 11) is 0. The fourth-order valence-corrected chi connectivity index (χ4v) is 4.26. The maximum atomic E-state index is 14.3. The highest BCUT2D eigenvalue weighted by Gasteiger charge is 2.59. The molecular weight excluding hydrogens is 559 g/mol. The topological polar surface area (TPSA) is 41.5 Å². The molecule has 1 aliphatic heterocycles. The van der Waals surface area contributed by atoms with Crippen LogP contribution in [0.1, 0.15) is 39.0 Å². The second-order valence-electron chi connectivity index (χ2n) is 8.07. The van der Waals surface area contributed by atoms with Gasteiger partial charge in [-0.1, -0.05) is 22.0 Å². The third-order valence-corrected chi connectivity index (χ3v) is 6.04. The lowest BCUT2D eigenvalue weighted by molar-refractivity contribution is -0.184. The summed E-state index contributed by atoms with van der Waals surface area (Å²) in [6.45, 7) is -1.02. The summed E-state index contributed by atoms with van der Waals surface area (Å²) in [6, 6.07) is 5.80. The summed E-state index contributed by atoms with van der Waals surface area (Å²) in [5, 5.41) is 1.71. The van der Waals surface area contributed by atoms with Gasteiger partial charge in [0.25, 0.3) is 5.91 Å². The fourth-order valence-electron chi connectivity index (χ4n) is 3.77. The standard InChI is InChI=1S/C22H16BrF9N2O/c1-11-4-12(2-3-16(11)18(35)34-10-20(24,25)26)17-8-19(9-33-17,22(30,31)32)13-5-14(21(27,28)29)7-15(23)6-13/h2-7H,8-10H2,1H3,(H,34,35). The monoisotopic (exact) mass is 574 g/mol. The van der Waals surface area contributed by atoms with E-state index >= 15 is 0 Å². The average Bonchev–Trinajstić information content (AvgIpc) is 3.17. The van der Waals surface area contributed by atoms with E-state index in [9.17, 15) is 44.3 Å². The van der Waals surface area contributed by atoms with Gasteiger partial charge >= 0.3 is 18.5 Å². The van der Waals surface area contributed by atoms with E-state index in [1.165, 1.54) is 19.1 Å². The van der Waals surface area contributed by atoms with Crippen LogP contribution in [0.15, 0.2) is 45.9 Å². The van der Waals surface area contributed by atoms with Crippen molar-refractivity contribution < 1.29 is 44.3 Å². The third-order valence-electron chi connectivity index (χ3n) is 5.58. The van der Waals surface area contributed by atoms with Crippen molar-refractivity contribution in [3.05, 3.63) is 68.7 Å². The van der Waals surface area contributed by atoms with Gasteiger partial charge in [0, 0.05) is 22.2 Å². The molecule has 0 spiro atoms. The Hall–Kier alpha value is -2.57. The minimum Gasteiger partial charge on any atom is -0.343 e. The van der Waals surface area contributed by atoms with Crippen molar-refractivity contribution in [1.29, 1.82) is 0 Å². The number of hydrogen-bond donors (Lipinski definition) is 1. The van der Waals surface area contributed by atoms with Gasteiger partial charge in [0.15, 0.2) is 0 Å². The van der Waals surface area contributed by atoms with Crippen molar-refractivity contribution in [2.75, 3.05) is 13.1 Å². The lowest BCUT2D eigenvalue weighted by Gasteiger charge is -2.32. The molecule has 1 heterocycles. The van der Waals surface area contributed by atoms with E-state index in [1.807, 2.05) is 0 Å². The zero-order chi connectivity index (χ0) is 26.4. The number of carbonyl (C=O) groups excluding carboxylic acids is 1. The first kappa shape index (κ1) is 27.0. The predicted molar refractivity (Wildman–Crippen MR) is 112 cm³/mol. The summed E-state index contributed by atoms with van der Waals surface area (Å²) in [5.41, 5.74) is -4.37. The molecule has 3 nitrogen and oxygen atoms in total. The highest BCUT2D eigenvalue weighted by Crippen LogP contribution is 2.49. The maximum absolute atomic E-state index is 14.3. The van der Waals surface area contributed by atoms with Gasteiger partial charge in [-0.2, -0.15) is 39.5 Å². The van der Waals surface area contributed by atoms with Gasteiger partial charge in [0.05, 0.1) is 12.1 Å². The smallest absolute Gasteiger partial charge is 0.343 e. The number of nitrogens with zero attached hydrogens (tertiary/aromatic N) is 1. The van der Waals surface area contributed by atoms with Crippen LogP contribution >= 0.6 is 15.9 Å². The first-order valence-electron chi connectivity index (χ1n) is 9.87. The molecule has 1 unspecified atom stereocenters. The second-order valence-corrected chi connectivity index (χ2v) is 8.99. The van der Waals surface area contributed by atoms with E-state index in [1.54, 1.807) is 5.32 Å². The van der Waals surface area contributed by atoms with Crippen LogP contribution in [0.4, 0.5) is 39.5 Å².